The molecule has 38 heavy (non-hydrogen) atoms. The van der Waals surface area contributed by atoms with Gasteiger partial charge < -0.3 is 29.0 Å². The van der Waals surface area contributed by atoms with Gasteiger partial charge >= 0.3 is 0 Å². The molecule has 1 N–H and O–H groups in total. The van der Waals surface area contributed by atoms with E-state index in [1.165, 1.54) is 52.7 Å². The standard InChI is InChI=1S/C26H29ClN2O8S/c1-33-18-9-11-23(34-2)21(15-18)29(38(31,32)19-10-12-24(35-3)25(16-19)36-4)17-26(30)28-13-14-37-22-8-6-5-7-20(22)27/h5-12,15-16H,13-14,17H2,1-4H3,(H,28,30). The van der Waals surface area contributed by atoms with Crippen LogP contribution in [0.25, 0.3) is 0 Å². The molecule has 0 saturated carbocycles. The fourth-order valence-electron chi connectivity index (χ4n) is 3.50. The highest BCUT2D eigenvalue weighted by atomic mass is 35.5. The van der Waals surface area contributed by atoms with E-state index in [0.717, 1.165) is 4.31 Å². The van der Waals surface area contributed by atoms with Crippen molar-refractivity contribution in [2.24, 2.45) is 0 Å². The minimum atomic E-state index is -4.29. The molecule has 3 aromatic rings. The van der Waals surface area contributed by atoms with Gasteiger partial charge in [-0.25, -0.2) is 8.42 Å². The molecule has 3 rings (SSSR count). The van der Waals surface area contributed by atoms with Gasteiger partial charge in [0, 0.05) is 12.1 Å². The minimum absolute atomic E-state index is 0.115. The van der Waals surface area contributed by atoms with E-state index in [-0.39, 0.29) is 35.2 Å². The van der Waals surface area contributed by atoms with Crippen LogP contribution in [0.5, 0.6) is 28.7 Å². The van der Waals surface area contributed by atoms with Crippen LogP contribution in [-0.2, 0) is 14.8 Å². The molecule has 12 heteroatoms. The van der Waals surface area contributed by atoms with E-state index in [0.29, 0.717) is 22.3 Å². The van der Waals surface area contributed by atoms with Crippen LogP contribution in [-0.4, -0.2) is 62.5 Å². The molecule has 10 nitrogen and oxygen atoms in total. The van der Waals surface area contributed by atoms with E-state index in [9.17, 15) is 13.2 Å². The van der Waals surface area contributed by atoms with Gasteiger partial charge in [0.1, 0.15) is 30.4 Å². The van der Waals surface area contributed by atoms with Crippen molar-refractivity contribution in [1.29, 1.82) is 0 Å². The number of hydrogen-bond acceptors (Lipinski definition) is 8. The fraction of sp³-hybridized carbons (Fsp3) is 0.269. The highest BCUT2D eigenvalue weighted by Crippen LogP contribution is 2.37. The summed E-state index contributed by atoms with van der Waals surface area (Å²) >= 11 is 6.08. The zero-order chi connectivity index (χ0) is 27.7. The van der Waals surface area contributed by atoms with Crippen molar-refractivity contribution in [2.45, 2.75) is 4.90 Å². The Balaban J connectivity index is 1.89. The summed E-state index contributed by atoms with van der Waals surface area (Å²) in [5, 5.41) is 3.11. The smallest absolute Gasteiger partial charge is 0.265 e. The summed E-state index contributed by atoms with van der Waals surface area (Å²) in [4.78, 5) is 12.8. The molecule has 0 radical (unpaired) electrons. The fourth-order valence-corrected chi connectivity index (χ4v) is 5.12. The van der Waals surface area contributed by atoms with Crippen LogP contribution in [0.4, 0.5) is 5.69 Å². The van der Waals surface area contributed by atoms with Crippen molar-refractivity contribution >= 4 is 33.2 Å². The highest BCUT2D eigenvalue weighted by molar-refractivity contribution is 7.92. The summed E-state index contributed by atoms with van der Waals surface area (Å²) in [7, 11) is 1.40. The minimum Gasteiger partial charge on any atom is -0.497 e. The van der Waals surface area contributed by atoms with Crippen LogP contribution < -0.4 is 33.3 Å². The Kier molecular flexibility index (Phi) is 9.91. The van der Waals surface area contributed by atoms with E-state index in [2.05, 4.69) is 5.32 Å². The SMILES string of the molecule is COc1ccc(OC)c(N(CC(=O)NCCOc2ccccc2Cl)S(=O)(=O)c2ccc(OC)c(OC)c2)c1. The van der Waals surface area contributed by atoms with Crippen LogP contribution in [0.15, 0.2) is 65.6 Å². The van der Waals surface area contributed by atoms with E-state index in [4.69, 9.17) is 35.3 Å². The molecule has 0 unspecified atom stereocenters. The quantitative estimate of drug-likeness (QED) is 0.312. The van der Waals surface area contributed by atoms with Gasteiger partial charge in [-0.15, -0.1) is 0 Å². The van der Waals surface area contributed by atoms with Gasteiger partial charge in [-0.2, -0.15) is 0 Å². The third-order valence-electron chi connectivity index (χ3n) is 5.40. The summed E-state index contributed by atoms with van der Waals surface area (Å²) < 4.78 is 55.5. The normalized spacial score (nSPS) is 10.9. The number of halogens is 1. The van der Waals surface area contributed by atoms with Gasteiger partial charge in [-0.1, -0.05) is 23.7 Å². The number of hydrogen-bond donors (Lipinski definition) is 1. The second-order valence-corrected chi connectivity index (χ2v) is 9.96. The van der Waals surface area contributed by atoms with E-state index >= 15 is 0 Å². The van der Waals surface area contributed by atoms with Crippen molar-refractivity contribution in [3.8, 4) is 28.7 Å². The highest BCUT2D eigenvalue weighted by Gasteiger charge is 2.31. The van der Waals surface area contributed by atoms with Gasteiger partial charge in [0.05, 0.1) is 50.6 Å². The molecule has 0 aromatic heterocycles. The van der Waals surface area contributed by atoms with Gasteiger partial charge in [-0.3, -0.25) is 9.10 Å². The third kappa shape index (κ3) is 6.73. The summed E-state index contributed by atoms with van der Waals surface area (Å²) in [6.07, 6.45) is 0. The third-order valence-corrected chi connectivity index (χ3v) is 7.47. The first-order valence-electron chi connectivity index (χ1n) is 11.4. The number of anilines is 1. The molecule has 204 valence electrons. The van der Waals surface area contributed by atoms with Gasteiger partial charge in [-0.05, 0) is 36.4 Å². The molecule has 0 bridgehead atoms. The maximum absolute atomic E-state index is 13.9. The molecule has 0 saturated heterocycles. The number of methoxy groups -OCH3 is 4. The maximum Gasteiger partial charge on any atom is 0.265 e. The number of nitrogens with one attached hydrogen (secondary N) is 1. The number of para-hydroxylation sites is 1. The molecule has 0 atom stereocenters. The molecule has 0 spiro atoms. The molecular formula is C26H29ClN2O8S. The molecule has 3 aromatic carbocycles. The Labute approximate surface area is 227 Å². The zero-order valence-corrected chi connectivity index (χ0v) is 23.0. The van der Waals surface area contributed by atoms with Crippen molar-refractivity contribution in [3.63, 3.8) is 0 Å². The van der Waals surface area contributed by atoms with Crippen molar-refractivity contribution in [1.82, 2.24) is 5.32 Å². The first-order chi connectivity index (χ1) is 18.2. The Morgan fingerprint density at radius 3 is 2.18 bits per heavy atom. The number of rotatable bonds is 13. The van der Waals surface area contributed by atoms with Gasteiger partial charge in [0.25, 0.3) is 10.0 Å². The summed E-state index contributed by atoms with van der Waals surface area (Å²) in [6.45, 7) is -0.309. The van der Waals surface area contributed by atoms with Crippen molar-refractivity contribution in [2.75, 3.05) is 52.4 Å². The first kappa shape index (κ1) is 28.7. The van der Waals surface area contributed by atoms with Crippen LogP contribution in [0.1, 0.15) is 0 Å². The second kappa shape index (κ2) is 13.1. The lowest BCUT2D eigenvalue weighted by Crippen LogP contribution is -2.42. The van der Waals surface area contributed by atoms with E-state index in [1.807, 2.05) is 0 Å². The lowest BCUT2D eigenvalue weighted by Gasteiger charge is -2.26. The maximum atomic E-state index is 13.9. The van der Waals surface area contributed by atoms with Gasteiger partial charge in [0.15, 0.2) is 11.5 Å². The zero-order valence-electron chi connectivity index (χ0n) is 21.4. The van der Waals surface area contributed by atoms with Crippen molar-refractivity contribution in [3.05, 3.63) is 65.7 Å². The monoisotopic (exact) mass is 564 g/mol. The summed E-state index contributed by atoms with van der Waals surface area (Å²) in [6, 6.07) is 15.8. The van der Waals surface area contributed by atoms with Crippen LogP contribution in [0, 0.1) is 0 Å². The summed E-state index contributed by atoms with van der Waals surface area (Å²) in [5.41, 5.74) is 0.115. The molecule has 0 aliphatic carbocycles. The average Bonchev–Trinajstić information content (AvgIpc) is 2.93. The topological polar surface area (TPSA) is 113 Å². The predicted octanol–water partition coefficient (Wildman–Crippen LogP) is 3.76. The number of benzene rings is 3. The molecule has 0 aliphatic rings. The Morgan fingerprint density at radius 1 is 0.842 bits per heavy atom. The van der Waals surface area contributed by atoms with E-state index in [1.54, 1.807) is 36.4 Å². The summed E-state index contributed by atoms with van der Waals surface area (Å²) in [5.74, 6) is 1.08. The number of carbonyl (C=O) groups excluding carboxylic acids is 1. The van der Waals surface area contributed by atoms with Gasteiger partial charge in [0.2, 0.25) is 5.91 Å². The Hall–Kier alpha value is -3.83. The number of nitrogens with zero attached hydrogens (tertiary/aromatic N) is 1. The lowest BCUT2D eigenvalue weighted by atomic mass is 10.2. The molecule has 0 aliphatic heterocycles. The molecular weight excluding hydrogens is 536 g/mol. The molecule has 0 heterocycles. The Bertz CT molecular complexity index is 1370. The first-order valence-corrected chi connectivity index (χ1v) is 13.2. The number of ether oxygens (including phenoxy) is 5. The van der Waals surface area contributed by atoms with E-state index < -0.39 is 22.5 Å². The average molecular weight is 565 g/mol. The number of sulfonamides is 1. The van der Waals surface area contributed by atoms with Crippen molar-refractivity contribution < 1.29 is 36.9 Å². The lowest BCUT2D eigenvalue weighted by molar-refractivity contribution is -0.119. The second-order valence-electron chi connectivity index (χ2n) is 7.70. The Morgan fingerprint density at radius 2 is 1.53 bits per heavy atom. The van der Waals surface area contributed by atoms with Crippen LogP contribution >= 0.6 is 11.6 Å². The molecule has 0 fully saturated rings. The number of amides is 1. The molecule has 1 amide bonds. The largest absolute Gasteiger partial charge is 0.497 e. The number of carbonyl (C=O) groups is 1. The van der Waals surface area contributed by atoms with Crippen LogP contribution in [0.2, 0.25) is 5.02 Å². The van der Waals surface area contributed by atoms with Crippen LogP contribution in [0.3, 0.4) is 0 Å². The predicted molar refractivity (Wildman–Crippen MR) is 144 cm³/mol.